The Kier molecular flexibility index (Phi) is 11.7. The van der Waals surface area contributed by atoms with Gasteiger partial charge in [0.2, 0.25) is 0 Å². The van der Waals surface area contributed by atoms with Crippen LogP contribution in [0.4, 0.5) is 11.4 Å². The van der Waals surface area contributed by atoms with Crippen molar-refractivity contribution in [3.05, 3.63) is 60.7 Å². The highest BCUT2D eigenvalue weighted by Crippen LogP contribution is 2.37. The number of guanidine groups is 1. The molecule has 0 heterocycles. The zero-order valence-corrected chi connectivity index (χ0v) is 27.0. The Morgan fingerprint density at radius 1 is 0.463 bits per heavy atom. The molecular formula is C37H54BrN3. The van der Waals surface area contributed by atoms with Crippen LogP contribution < -0.4 is 21.9 Å². The van der Waals surface area contributed by atoms with Gasteiger partial charge >= 0.3 is 5.96 Å². The molecule has 0 amide bonds. The maximum absolute atomic E-state index is 3.08. The van der Waals surface area contributed by atoms with Crippen molar-refractivity contribution in [2.45, 2.75) is 153 Å². The summed E-state index contributed by atoms with van der Waals surface area (Å²) < 4.78 is 3.08. The summed E-state index contributed by atoms with van der Waals surface area (Å²) in [7, 11) is 0. The minimum absolute atomic E-state index is 0. The molecule has 0 N–H and O–H groups in total. The van der Waals surface area contributed by atoms with Crippen LogP contribution in [0.3, 0.4) is 0 Å². The topological polar surface area (TPSA) is 9.49 Å². The Bertz CT molecular complexity index is 969. The number of para-hydroxylation sites is 2. The molecule has 224 valence electrons. The van der Waals surface area contributed by atoms with Crippen LogP contribution >= 0.6 is 0 Å². The molecule has 4 heteroatoms. The Morgan fingerprint density at radius 3 is 1.17 bits per heavy atom. The van der Waals surface area contributed by atoms with Gasteiger partial charge in [-0.1, -0.05) is 113 Å². The van der Waals surface area contributed by atoms with Gasteiger partial charge in [-0.2, -0.15) is 4.90 Å². The van der Waals surface area contributed by atoms with Gasteiger partial charge in [0.15, 0.2) is 0 Å². The molecule has 4 aliphatic rings. The molecule has 2 aromatic rings. The summed E-state index contributed by atoms with van der Waals surface area (Å²) in [6.45, 7) is 0. The van der Waals surface area contributed by atoms with E-state index in [2.05, 4.69) is 75.0 Å². The molecule has 4 fully saturated rings. The van der Waals surface area contributed by atoms with E-state index in [0.717, 1.165) is 0 Å². The fraction of sp³-hybridized carbons (Fsp3) is 0.649. The SMILES string of the molecule is [Br-].c1ccc(N(C(N(C2CCCCC2)C2CCCCC2)=[N+](C2CCCCC2)C2CCCCC2)c2ccccc2)cc1. The number of anilines is 2. The summed E-state index contributed by atoms with van der Waals surface area (Å²) in [4.78, 5) is 5.81. The number of benzene rings is 2. The van der Waals surface area contributed by atoms with E-state index in [0.29, 0.717) is 24.2 Å². The van der Waals surface area contributed by atoms with E-state index in [1.807, 2.05) is 0 Å². The third-order valence-electron chi connectivity index (χ3n) is 10.6. The van der Waals surface area contributed by atoms with Crippen molar-refractivity contribution in [3.8, 4) is 0 Å². The summed E-state index contributed by atoms with van der Waals surface area (Å²) in [5, 5.41) is 0. The highest BCUT2D eigenvalue weighted by Gasteiger charge is 2.45. The smallest absolute Gasteiger partial charge is 0.361 e. The second kappa shape index (κ2) is 15.6. The highest BCUT2D eigenvalue weighted by molar-refractivity contribution is 6.00. The molecule has 0 aromatic heterocycles. The molecule has 0 bridgehead atoms. The third-order valence-corrected chi connectivity index (χ3v) is 10.6. The van der Waals surface area contributed by atoms with Crippen molar-refractivity contribution in [1.29, 1.82) is 0 Å². The molecular weight excluding hydrogens is 566 g/mol. The average molecular weight is 621 g/mol. The Balaban J connectivity index is 0.00000337. The van der Waals surface area contributed by atoms with E-state index < -0.39 is 0 Å². The summed E-state index contributed by atoms with van der Waals surface area (Å²) in [6.07, 6.45) is 27.7. The Labute approximate surface area is 261 Å². The summed E-state index contributed by atoms with van der Waals surface area (Å²) >= 11 is 0. The van der Waals surface area contributed by atoms with Crippen molar-refractivity contribution in [1.82, 2.24) is 4.90 Å². The van der Waals surface area contributed by atoms with Crippen LogP contribution in [-0.4, -0.2) is 39.6 Å². The molecule has 4 aliphatic carbocycles. The molecule has 41 heavy (non-hydrogen) atoms. The normalized spacial score (nSPS) is 21.6. The lowest BCUT2D eigenvalue weighted by atomic mass is 9.87. The third kappa shape index (κ3) is 7.40. The fourth-order valence-corrected chi connectivity index (χ4v) is 8.58. The fourth-order valence-electron chi connectivity index (χ4n) is 8.58. The van der Waals surface area contributed by atoms with Gasteiger partial charge in [0.05, 0.1) is 24.2 Å². The minimum Gasteiger partial charge on any atom is -1.00 e. The Hall–Kier alpha value is -1.81. The summed E-state index contributed by atoms with van der Waals surface area (Å²) in [5.74, 6) is 1.56. The zero-order valence-electron chi connectivity index (χ0n) is 25.4. The van der Waals surface area contributed by atoms with Crippen molar-refractivity contribution in [2.24, 2.45) is 0 Å². The van der Waals surface area contributed by atoms with Gasteiger partial charge in [-0.15, -0.1) is 0 Å². The lowest BCUT2D eigenvalue weighted by Gasteiger charge is -2.44. The van der Waals surface area contributed by atoms with Crippen molar-refractivity contribution in [2.75, 3.05) is 4.90 Å². The molecule has 3 nitrogen and oxygen atoms in total. The van der Waals surface area contributed by atoms with Crippen LogP contribution in [0.15, 0.2) is 60.7 Å². The summed E-state index contributed by atoms with van der Waals surface area (Å²) in [6, 6.07) is 25.5. The molecule has 0 saturated heterocycles. The standard InChI is InChI=1S/C37H54N3.BrH/c1-7-19-31(20-8-1)38(32-21-9-2-10-22-32)37(39(33-23-11-3-12-24-33)34-25-13-4-14-26-34)40(35-27-15-5-16-28-35)36-29-17-6-18-30-36;/h1-2,7-10,19-22,33-36H,3-6,11-18,23-30H2;1H/q+1;/p-1. The molecule has 0 unspecified atom stereocenters. The highest BCUT2D eigenvalue weighted by atomic mass is 79.9. The van der Waals surface area contributed by atoms with Gasteiger partial charge in [-0.3, -0.25) is 9.48 Å². The second-order valence-corrected chi connectivity index (χ2v) is 13.3. The van der Waals surface area contributed by atoms with Crippen molar-refractivity contribution >= 4 is 17.3 Å². The predicted octanol–water partition coefficient (Wildman–Crippen LogP) is 6.83. The lowest BCUT2D eigenvalue weighted by molar-refractivity contribution is -0.612. The van der Waals surface area contributed by atoms with Crippen molar-refractivity contribution in [3.63, 3.8) is 0 Å². The van der Waals surface area contributed by atoms with E-state index in [4.69, 9.17) is 0 Å². The van der Waals surface area contributed by atoms with Gasteiger partial charge in [-0.05, 0) is 75.6 Å². The monoisotopic (exact) mass is 619 g/mol. The van der Waals surface area contributed by atoms with Crippen LogP contribution in [-0.2, 0) is 0 Å². The molecule has 0 radical (unpaired) electrons. The number of rotatable bonds is 6. The number of hydrogen-bond acceptors (Lipinski definition) is 0. The molecule has 0 atom stereocenters. The van der Waals surface area contributed by atoms with E-state index in [-0.39, 0.29) is 17.0 Å². The molecule has 6 rings (SSSR count). The second-order valence-electron chi connectivity index (χ2n) is 13.3. The van der Waals surface area contributed by atoms with Crippen LogP contribution in [0.5, 0.6) is 0 Å². The molecule has 0 aliphatic heterocycles. The van der Waals surface area contributed by atoms with E-state index in [9.17, 15) is 0 Å². The average Bonchev–Trinajstić information content (AvgIpc) is 3.04. The van der Waals surface area contributed by atoms with Crippen LogP contribution in [0.1, 0.15) is 128 Å². The first-order valence-electron chi connectivity index (χ1n) is 17.2. The predicted molar refractivity (Wildman–Crippen MR) is 170 cm³/mol. The van der Waals surface area contributed by atoms with Gasteiger partial charge in [0.25, 0.3) is 0 Å². The Morgan fingerprint density at radius 2 is 0.805 bits per heavy atom. The van der Waals surface area contributed by atoms with E-state index >= 15 is 0 Å². The van der Waals surface area contributed by atoms with Crippen molar-refractivity contribution < 1.29 is 21.6 Å². The molecule has 2 aromatic carbocycles. The maximum Gasteiger partial charge on any atom is 0.361 e. The summed E-state index contributed by atoms with van der Waals surface area (Å²) in [5.41, 5.74) is 2.66. The number of hydrogen-bond donors (Lipinski definition) is 0. The first-order chi connectivity index (χ1) is 19.9. The van der Waals surface area contributed by atoms with E-state index in [1.54, 1.807) is 5.96 Å². The number of halogens is 1. The van der Waals surface area contributed by atoms with Gasteiger partial charge in [0, 0.05) is 0 Å². The van der Waals surface area contributed by atoms with Gasteiger partial charge in [0.1, 0.15) is 11.4 Å². The van der Waals surface area contributed by atoms with Gasteiger partial charge < -0.3 is 17.0 Å². The zero-order chi connectivity index (χ0) is 27.0. The van der Waals surface area contributed by atoms with E-state index in [1.165, 1.54) is 140 Å². The largest absolute Gasteiger partial charge is 1.00 e. The number of nitrogens with zero attached hydrogens (tertiary/aromatic N) is 3. The van der Waals surface area contributed by atoms with Gasteiger partial charge in [-0.25, -0.2) is 0 Å². The minimum atomic E-state index is 0. The first-order valence-corrected chi connectivity index (χ1v) is 17.2. The maximum atomic E-state index is 3.08. The van der Waals surface area contributed by atoms with Crippen LogP contribution in [0, 0.1) is 0 Å². The van der Waals surface area contributed by atoms with Crippen LogP contribution in [0.25, 0.3) is 0 Å². The quantitative estimate of drug-likeness (QED) is 0.199. The lowest BCUT2D eigenvalue weighted by Crippen LogP contribution is -3.00. The van der Waals surface area contributed by atoms with Crippen LogP contribution in [0.2, 0.25) is 0 Å². The molecule has 0 spiro atoms. The first kappa shape index (κ1) is 30.6. The molecule has 4 saturated carbocycles.